The number of amidine groups is 1. The summed E-state index contributed by atoms with van der Waals surface area (Å²) < 4.78 is 0. The number of hydrogen-bond donors (Lipinski definition) is 0. The van der Waals surface area contributed by atoms with Gasteiger partial charge in [0.15, 0.2) is 0 Å². The minimum absolute atomic E-state index is 0.716. The molecule has 2 nitrogen and oxygen atoms in total. The standard InChI is InChI=1S/C12H24N2/c1-5-7-11-10(6-2)8-9-14(4)12(11)13-3/h10-11H,5-9H2,1-4H3. The van der Waals surface area contributed by atoms with E-state index >= 15 is 0 Å². The van der Waals surface area contributed by atoms with Crippen LogP contribution in [0, 0.1) is 11.8 Å². The van der Waals surface area contributed by atoms with Crippen molar-refractivity contribution in [2.24, 2.45) is 16.8 Å². The first kappa shape index (κ1) is 11.5. The van der Waals surface area contributed by atoms with Crippen LogP contribution in [0.1, 0.15) is 39.5 Å². The Morgan fingerprint density at radius 1 is 1.43 bits per heavy atom. The van der Waals surface area contributed by atoms with Crippen LogP contribution in [0.25, 0.3) is 0 Å². The van der Waals surface area contributed by atoms with Crippen molar-refractivity contribution in [1.29, 1.82) is 0 Å². The second-order valence-electron chi connectivity index (χ2n) is 4.36. The van der Waals surface area contributed by atoms with Crippen molar-refractivity contribution in [3.05, 3.63) is 0 Å². The Bertz CT molecular complexity index is 198. The van der Waals surface area contributed by atoms with E-state index in [1.54, 1.807) is 0 Å². The lowest BCUT2D eigenvalue weighted by Gasteiger charge is -2.38. The molecule has 0 aliphatic carbocycles. The summed E-state index contributed by atoms with van der Waals surface area (Å²) in [6.45, 7) is 5.77. The molecule has 0 aromatic rings. The van der Waals surface area contributed by atoms with E-state index in [1.807, 2.05) is 7.05 Å². The number of nitrogens with zero attached hydrogens (tertiary/aromatic N) is 2. The number of piperidine rings is 1. The van der Waals surface area contributed by atoms with Gasteiger partial charge in [-0.1, -0.05) is 26.7 Å². The van der Waals surface area contributed by atoms with Crippen LogP contribution in [-0.2, 0) is 0 Å². The SMILES string of the molecule is CCCC1C(=NC)N(C)CCC1CC. The van der Waals surface area contributed by atoms with Gasteiger partial charge in [0.05, 0.1) is 0 Å². The molecule has 0 aromatic carbocycles. The first-order chi connectivity index (χ1) is 6.74. The Morgan fingerprint density at radius 2 is 2.14 bits per heavy atom. The van der Waals surface area contributed by atoms with E-state index in [4.69, 9.17) is 0 Å². The van der Waals surface area contributed by atoms with Crippen molar-refractivity contribution in [2.75, 3.05) is 20.6 Å². The normalized spacial score (nSPS) is 31.1. The maximum atomic E-state index is 4.47. The van der Waals surface area contributed by atoms with Gasteiger partial charge in [0.1, 0.15) is 5.84 Å². The summed E-state index contributed by atoms with van der Waals surface area (Å²) in [6.07, 6.45) is 5.22. The highest BCUT2D eigenvalue weighted by molar-refractivity contribution is 5.85. The number of hydrogen-bond acceptors (Lipinski definition) is 1. The molecule has 1 aliphatic rings. The summed E-state index contributed by atoms with van der Waals surface area (Å²) in [5, 5.41) is 0. The minimum Gasteiger partial charge on any atom is -0.363 e. The van der Waals surface area contributed by atoms with Crippen LogP contribution in [0.15, 0.2) is 4.99 Å². The quantitative estimate of drug-likeness (QED) is 0.677. The van der Waals surface area contributed by atoms with Crippen LogP contribution in [-0.4, -0.2) is 31.4 Å². The lowest BCUT2D eigenvalue weighted by Crippen LogP contribution is -2.43. The maximum absolute atomic E-state index is 4.47. The molecule has 1 rings (SSSR count). The first-order valence-electron chi connectivity index (χ1n) is 5.92. The zero-order valence-electron chi connectivity index (χ0n) is 10.1. The van der Waals surface area contributed by atoms with Gasteiger partial charge in [-0.05, 0) is 18.8 Å². The van der Waals surface area contributed by atoms with Crippen molar-refractivity contribution in [1.82, 2.24) is 4.90 Å². The third-order valence-electron chi connectivity index (χ3n) is 3.48. The predicted octanol–water partition coefficient (Wildman–Crippen LogP) is 2.79. The van der Waals surface area contributed by atoms with Gasteiger partial charge in [-0.2, -0.15) is 0 Å². The Kier molecular flexibility index (Phi) is 4.43. The van der Waals surface area contributed by atoms with Crippen LogP contribution in [0.3, 0.4) is 0 Å². The van der Waals surface area contributed by atoms with Crippen LogP contribution in [0.5, 0.6) is 0 Å². The second kappa shape index (κ2) is 5.38. The molecular formula is C12H24N2. The highest BCUT2D eigenvalue weighted by Gasteiger charge is 2.30. The molecule has 1 fully saturated rings. The van der Waals surface area contributed by atoms with E-state index in [1.165, 1.54) is 38.1 Å². The molecule has 14 heavy (non-hydrogen) atoms. The molecule has 0 saturated carbocycles. The van der Waals surface area contributed by atoms with Crippen LogP contribution in [0.2, 0.25) is 0 Å². The molecule has 1 saturated heterocycles. The topological polar surface area (TPSA) is 15.6 Å². The fourth-order valence-electron chi connectivity index (χ4n) is 2.67. The second-order valence-corrected chi connectivity index (χ2v) is 4.36. The summed E-state index contributed by atoms with van der Waals surface area (Å²) in [4.78, 5) is 6.81. The summed E-state index contributed by atoms with van der Waals surface area (Å²) >= 11 is 0. The first-order valence-corrected chi connectivity index (χ1v) is 5.92. The number of likely N-dealkylation sites (tertiary alicyclic amines) is 1. The molecule has 0 aromatic heterocycles. The summed E-state index contributed by atoms with van der Waals surface area (Å²) in [6, 6.07) is 0. The van der Waals surface area contributed by atoms with Gasteiger partial charge in [0, 0.05) is 26.6 Å². The van der Waals surface area contributed by atoms with E-state index in [9.17, 15) is 0 Å². The van der Waals surface area contributed by atoms with E-state index in [0.717, 1.165) is 5.92 Å². The van der Waals surface area contributed by atoms with E-state index in [2.05, 4.69) is 30.8 Å². The van der Waals surface area contributed by atoms with Crippen molar-refractivity contribution in [2.45, 2.75) is 39.5 Å². The predicted molar refractivity (Wildman–Crippen MR) is 62.8 cm³/mol. The highest BCUT2D eigenvalue weighted by atomic mass is 15.2. The van der Waals surface area contributed by atoms with Gasteiger partial charge < -0.3 is 4.90 Å². The molecule has 0 bridgehead atoms. The summed E-state index contributed by atoms with van der Waals surface area (Å²) in [5.74, 6) is 2.92. The van der Waals surface area contributed by atoms with Gasteiger partial charge in [-0.3, -0.25) is 4.99 Å². The zero-order chi connectivity index (χ0) is 10.6. The molecule has 1 aliphatic heterocycles. The molecule has 0 amide bonds. The van der Waals surface area contributed by atoms with E-state index in [-0.39, 0.29) is 0 Å². The monoisotopic (exact) mass is 196 g/mol. The van der Waals surface area contributed by atoms with Crippen molar-refractivity contribution in [3.63, 3.8) is 0 Å². The van der Waals surface area contributed by atoms with Gasteiger partial charge in [-0.15, -0.1) is 0 Å². The number of rotatable bonds is 3. The largest absolute Gasteiger partial charge is 0.363 e. The third kappa shape index (κ3) is 2.28. The van der Waals surface area contributed by atoms with E-state index in [0.29, 0.717) is 5.92 Å². The molecule has 0 radical (unpaired) electrons. The van der Waals surface area contributed by atoms with E-state index < -0.39 is 0 Å². The molecular weight excluding hydrogens is 172 g/mol. The Labute approximate surface area is 88.4 Å². The summed E-state index contributed by atoms with van der Waals surface area (Å²) in [5.41, 5.74) is 0. The molecule has 2 atom stereocenters. The zero-order valence-corrected chi connectivity index (χ0v) is 10.1. The molecule has 0 spiro atoms. The highest BCUT2D eigenvalue weighted by Crippen LogP contribution is 2.30. The lowest BCUT2D eigenvalue weighted by molar-refractivity contribution is 0.260. The fourth-order valence-corrected chi connectivity index (χ4v) is 2.67. The Hall–Kier alpha value is -0.530. The van der Waals surface area contributed by atoms with Gasteiger partial charge in [-0.25, -0.2) is 0 Å². The van der Waals surface area contributed by atoms with Crippen LogP contribution >= 0.6 is 0 Å². The maximum Gasteiger partial charge on any atom is 0.102 e. The average Bonchev–Trinajstić information content (AvgIpc) is 2.19. The number of aliphatic imine (C=N–C) groups is 1. The van der Waals surface area contributed by atoms with Gasteiger partial charge in [0.2, 0.25) is 0 Å². The van der Waals surface area contributed by atoms with Crippen molar-refractivity contribution in [3.8, 4) is 0 Å². The third-order valence-corrected chi connectivity index (χ3v) is 3.48. The van der Waals surface area contributed by atoms with Crippen LogP contribution in [0.4, 0.5) is 0 Å². The lowest BCUT2D eigenvalue weighted by atomic mass is 9.80. The van der Waals surface area contributed by atoms with Gasteiger partial charge >= 0.3 is 0 Å². The molecule has 0 N–H and O–H groups in total. The summed E-state index contributed by atoms with van der Waals surface area (Å²) in [7, 11) is 4.11. The Morgan fingerprint density at radius 3 is 2.64 bits per heavy atom. The van der Waals surface area contributed by atoms with Crippen molar-refractivity contribution < 1.29 is 0 Å². The smallest absolute Gasteiger partial charge is 0.102 e. The van der Waals surface area contributed by atoms with Crippen LogP contribution < -0.4 is 0 Å². The fraction of sp³-hybridized carbons (Fsp3) is 0.917. The van der Waals surface area contributed by atoms with Crippen molar-refractivity contribution >= 4 is 5.84 Å². The Balaban J connectivity index is 2.75. The van der Waals surface area contributed by atoms with Gasteiger partial charge in [0.25, 0.3) is 0 Å². The molecule has 2 unspecified atom stereocenters. The minimum atomic E-state index is 0.716. The molecule has 1 heterocycles. The average molecular weight is 196 g/mol. The molecule has 82 valence electrons. The molecule has 2 heteroatoms.